The maximum atomic E-state index is 6.00. The zero-order valence-corrected chi connectivity index (χ0v) is 29.2. The molecule has 43 heavy (non-hydrogen) atoms. The second-order valence-corrected chi connectivity index (χ2v) is 22.1. The van der Waals surface area contributed by atoms with Crippen molar-refractivity contribution in [2.75, 3.05) is 0 Å². The molecule has 7 rings (SSSR count). The Morgan fingerprint density at radius 3 is 2.12 bits per heavy atom. The number of pyridine rings is 2. The van der Waals surface area contributed by atoms with Crippen LogP contribution in [0.5, 0.6) is 0 Å². The Hall–Kier alpha value is -3.83. The van der Waals surface area contributed by atoms with Crippen LogP contribution in [0.2, 0.25) is 17.3 Å². The molecule has 0 unspecified atom stereocenters. The molecule has 4 aromatic carbocycles. The molecule has 0 atom stereocenters. The van der Waals surface area contributed by atoms with Gasteiger partial charge in [0, 0.05) is 37.1 Å². The smallest absolute Gasteiger partial charge is 0 e. The molecule has 7 aromatic rings. The topological polar surface area (TPSA) is 38.9 Å². The van der Waals surface area contributed by atoms with E-state index in [2.05, 4.69) is 94.8 Å². The van der Waals surface area contributed by atoms with Gasteiger partial charge in [-0.2, -0.15) is 0 Å². The van der Waals surface area contributed by atoms with E-state index in [0.717, 1.165) is 44.5 Å². The van der Waals surface area contributed by atoms with Crippen molar-refractivity contribution in [2.45, 2.75) is 24.2 Å². The van der Waals surface area contributed by atoms with Crippen LogP contribution in [0.15, 0.2) is 126 Å². The summed E-state index contributed by atoms with van der Waals surface area (Å²) < 4.78 is 7.44. The van der Waals surface area contributed by atoms with Crippen molar-refractivity contribution in [3.8, 4) is 33.6 Å². The van der Waals surface area contributed by atoms with Crippen LogP contribution in [0.1, 0.15) is 5.56 Å². The van der Waals surface area contributed by atoms with E-state index in [1.54, 1.807) is 0 Å². The molecule has 215 valence electrons. The summed E-state index contributed by atoms with van der Waals surface area (Å²) in [5.74, 6) is 7.14. The van der Waals surface area contributed by atoms with Gasteiger partial charge in [0.05, 0.1) is 0 Å². The number of fused-ring (bicyclic) bond motifs is 3. The number of hydrogen-bond acceptors (Lipinski definition) is 3. The first-order valence-corrected chi connectivity index (χ1v) is 21.5. The molecule has 0 aliphatic heterocycles. The maximum absolute atomic E-state index is 6.00. The standard InChI is InChI=1S/C24H16NO.C14H16GeN.Ir/c1-16-11-12-18(13-20(16)17-7-3-2-4-8-17)22-14-24-21(15-25-22)19-9-5-6-10-23(19)26-24;1-15(2,3)13-9-10-14(16-11-13)12-7-5-4-6-8-12;/h2-11,13-15H,1H3;4-7,9-11H,1-3H3;/q2*-1;. The van der Waals surface area contributed by atoms with Gasteiger partial charge in [0.1, 0.15) is 11.2 Å². The second kappa shape index (κ2) is 13.2. The van der Waals surface area contributed by atoms with E-state index in [-0.39, 0.29) is 20.1 Å². The number of rotatable bonds is 4. The number of hydrogen-bond donors (Lipinski definition) is 0. The molecular formula is C38H32GeIrN2O-2. The third kappa shape index (κ3) is 6.88. The number of aryl methyl sites for hydroxylation is 1. The molecular weight excluding hydrogens is 765 g/mol. The van der Waals surface area contributed by atoms with E-state index >= 15 is 0 Å². The van der Waals surface area contributed by atoms with Gasteiger partial charge in [-0.3, -0.25) is 0 Å². The summed E-state index contributed by atoms with van der Waals surface area (Å²) in [5.41, 5.74) is 9.25. The Balaban J connectivity index is 0.000000188. The molecule has 1 radical (unpaired) electrons. The minimum absolute atomic E-state index is 0. The molecule has 3 nitrogen and oxygen atoms in total. The van der Waals surface area contributed by atoms with Crippen LogP contribution in [0.4, 0.5) is 0 Å². The van der Waals surface area contributed by atoms with Gasteiger partial charge < -0.3 is 9.40 Å². The van der Waals surface area contributed by atoms with E-state index in [9.17, 15) is 0 Å². The van der Waals surface area contributed by atoms with Gasteiger partial charge in [0.25, 0.3) is 0 Å². The van der Waals surface area contributed by atoms with Crippen LogP contribution in [0.3, 0.4) is 0 Å². The normalized spacial score (nSPS) is 11.1. The number of benzene rings is 4. The third-order valence-electron chi connectivity index (χ3n) is 7.40. The van der Waals surface area contributed by atoms with Gasteiger partial charge >= 0.3 is 99.8 Å². The fourth-order valence-corrected chi connectivity index (χ4v) is 7.13. The van der Waals surface area contributed by atoms with Crippen LogP contribution < -0.4 is 4.40 Å². The molecule has 0 spiro atoms. The maximum Gasteiger partial charge on any atom is 0 e. The largest absolute Gasteiger partial charge is 0 e. The van der Waals surface area contributed by atoms with Crippen LogP contribution >= 0.6 is 0 Å². The van der Waals surface area contributed by atoms with Crippen molar-refractivity contribution in [1.82, 2.24) is 9.97 Å². The Kier molecular flexibility index (Phi) is 9.41. The average molecular weight is 798 g/mol. The molecule has 5 heteroatoms. The first kappa shape index (κ1) is 30.6. The van der Waals surface area contributed by atoms with Gasteiger partial charge in [-0.25, -0.2) is 0 Å². The van der Waals surface area contributed by atoms with Gasteiger partial charge in [-0.1, -0.05) is 61.0 Å². The molecule has 0 N–H and O–H groups in total. The van der Waals surface area contributed by atoms with E-state index in [1.807, 2.05) is 73.1 Å². The second-order valence-electron chi connectivity index (χ2n) is 11.4. The summed E-state index contributed by atoms with van der Waals surface area (Å²) in [5, 5.41) is 2.14. The minimum atomic E-state index is -1.72. The zero-order chi connectivity index (χ0) is 29.1. The van der Waals surface area contributed by atoms with Crippen molar-refractivity contribution in [3.63, 3.8) is 0 Å². The molecule has 0 bridgehead atoms. The van der Waals surface area contributed by atoms with Crippen LogP contribution in [0, 0.1) is 19.1 Å². The summed E-state index contributed by atoms with van der Waals surface area (Å²) >= 11 is -1.72. The van der Waals surface area contributed by atoms with E-state index in [1.165, 1.54) is 21.1 Å². The van der Waals surface area contributed by atoms with Crippen molar-refractivity contribution in [2.24, 2.45) is 0 Å². The van der Waals surface area contributed by atoms with Crippen molar-refractivity contribution in [3.05, 3.63) is 139 Å². The van der Waals surface area contributed by atoms with Crippen molar-refractivity contribution < 1.29 is 24.5 Å². The van der Waals surface area contributed by atoms with Crippen LogP contribution in [-0.2, 0) is 20.1 Å². The predicted octanol–water partition coefficient (Wildman–Crippen LogP) is 9.52. The fourth-order valence-electron chi connectivity index (χ4n) is 4.96. The van der Waals surface area contributed by atoms with E-state index in [0.29, 0.717) is 0 Å². The number of nitrogens with zero attached hydrogens (tertiary/aromatic N) is 2. The van der Waals surface area contributed by atoms with Crippen molar-refractivity contribution >= 4 is 39.6 Å². The molecule has 0 saturated heterocycles. The molecule has 0 aliphatic rings. The summed E-state index contributed by atoms with van der Waals surface area (Å²) in [6, 6.07) is 43.5. The fraction of sp³-hybridized carbons (Fsp3) is 0.105. The van der Waals surface area contributed by atoms with Crippen LogP contribution in [-0.4, -0.2) is 23.2 Å². The molecule has 3 heterocycles. The quantitative estimate of drug-likeness (QED) is 0.132. The number of para-hydroxylation sites is 1. The molecule has 0 saturated carbocycles. The van der Waals surface area contributed by atoms with Gasteiger partial charge in [-0.15, -0.1) is 29.3 Å². The monoisotopic (exact) mass is 799 g/mol. The Bertz CT molecular complexity index is 1960. The predicted molar refractivity (Wildman–Crippen MR) is 177 cm³/mol. The minimum Gasteiger partial charge on any atom is 0 e. The summed E-state index contributed by atoms with van der Waals surface area (Å²) in [7, 11) is 0. The molecule has 3 aromatic heterocycles. The number of furan rings is 1. The Morgan fingerprint density at radius 1 is 0.651 bits per heavy atom. The summed E-state index contributed by atoms with van der Waals surface area (Å²) in [6.07, 6.45) is 3.93. The van der Waals surface area contributed by atoms with Gasteiger partial charge in [0.15, 0.2) is 0 Å². The molecule has 0 fully saturated rings. The van der Waals surface area contributed by atoms with E-state index < -0.39 is 13.3 Å². The van der Waals surface area contributed by atoms with Gasteiger partial charge in [-0.05, 0) is 23.4 Å². The van der Waals surface area contributed by atoms with Gasteiger partial charge in [0.2, 0.25) is 0 Å². The van der Waals surface area contributed by atoms with Crippen molar-refractivity contribution in [1.29, 1.82) is 0 Å². The number of aromatic nitrogens is 2. The zero-order valence-electron chi connectivity index (χ0n) is 24.7. The summed E-state index contributed by atoms with van der Waals surface area (Å²) in [6.45, 7) is 2.11. The SMILES string of the molecule is Cc1c[c-]c(-c2cc3oc4ccccc4c3cn2)cc1-c1ccccc1.[CH3][Ge]([CH3])([CH3])[c]1ccc(-c2[c-]cccc2)nc1.[Ir]. The average Bonchev–Trinajstić information content (AvgIpc) is 3.40. The van der Waals surface area contributed by atoms with Crippen LogP contribution in [0.25, 0.3) is 55.6 Å². The molecule has 0 aliphatic carbocycles. The summed E-state index contributed by atoms with van der Waals surface area (Å²) in [4.78, 5) is 9.20. The Labute approximate surface area is 269 Å². The Morgan fingerprint density at radius 2 is 1.40 bits per heavy atom. The van der Waals surface area contributed by atoms with E-state index in [4.69, 9.17) is 4.42 Å². The molecule has 0 amide bonds. The third-order valence-corrected chi connectivity index (χ3v) is 11.7. The first-order chi connectivity index (χ1) is 20.4. The first-order valence-electron chi connectivity index (χ1n) is 14.2.